The van der Waals surface area contributed by atoms with Crippen molar-refractivity contribution >= 4 is 82.2 Å². The average molecular weight is 1960 g/mol. The zero-order valence-electron chi connectivity index (χ0n) is 74.1. The first-order valence-corrected chi connectivity index (χ1v) is 42.0. The Bertz CT molecular complexity index is 4940. The molecule has 20 atom stereocenters. The van der Waals surface area contributed by atoms with Gasteiger partial charge in [-0.2, -0.15) is 24.3 Å². The Labute approximate surface area is 764 Å². The van der Waals surface area contributed by atoms with E-state index < -0.39 is 314 Å². The first-order valence-electron chi connectivity index (χ1n) is 42.0. The highest BCUT2D eigenvalue weighted by atomic mass is 19.3. The van der Waals surface area contributed by atoms with Gasteiger partial charge in [0.1, 0.15) is 28.7 Å². The van der Waals surface area contributed by atoms with Crippen molar-refractivity contribution in [3.63, 3.8) is 0 Å². The molecule has 52 heteroatoms. The molecule has 2 unspecified atom stereocenters. The van der Waals surface area contributed by atoms with Crippen LogP contribution in [0.2, 0.25) is 0 Å². The molecule has 0 aliphatic carbocycles. The van der Waals surface area contributed by atoms with Gasteiger partial charge in [0.25, 0.3) is 35.5 Å². The molecule has 7 fully saturated rings. The molecular weight excluding hydrogens is 1860 g/mol. The molecule has 7 saturated heterocycles. The van der Waals surface area contributed by atoms with Crippen LogP contribution in [0.1, 0.15) is 140 Å². The summed E-state index contributed by atoms with van der Waals surface area (Å²) >= 11 is 0. The number of hydrogen-bond donors (Lipinski definition) is 7. The monoisotopic (exact) mass is 1960 g/mol. The summed E-state index contributed by atoms with van der Waals surface area (Å²) in [4.78, 5) is 167. The van der Waals surface area contributed by atoms with Gasteiger partial charge in [0.15, 0.2) is 58.3 Å². The molecule has 14 rings (SSSR count). The summed E-state index contributed by atoms with van der Waals surface area (Å²) in [5.41, 5.74) is -3.72. The molecular formula is C84H99F14N11O27. The molecule has 8 N–H and O–H groups in total. The number of aliphatic hydroxyl groups excluding tert-OH is 6. The Kier molecular flexibility index (Phi) is 33.9. The topological polar surface area (TPSA) is 536 Å². The van der Waals surface area contributed by atoms with Gasteiger partial charge in [-0.25, -0.2) is 57.5 Å². The van der Waals surface area contributed by atoms with Crippen molar-refractivity contribution in [2.45, 2.75) is 265 Å². The van der Waals surface area contributed by atoms with Crippen LogP contribution in [-0.2, 0) is 95.5 Å². The summed E-state index contributed by atoms with van der Waals surface area (Å²) in [7, 11) is 0. The maximum Gasteiger partial charge on any atom is 0.351 e. The molecule has 136 heavy (non-hydrogen) atoms. The van der Waals surface area contributed by atoms with E-state index in [0.717, 1.165) is 96.6 Å². The summed E-state index contributed by atoms with van der Waals surface area (Å²) in [5, 5.41) is 73.3. The fourth-order valence-corrected chi connectivity index (χ4v) is 16.3. The fraction of sp³-hybridized carbons (Fsp3) is 0.631. The summed E-state index contributed by atoms with van der Waals surface area (Å²) in [6.07, 6.45) is -6.57. The van der Waals surface area contributed by atoms with Gasteiger partial charge in [-0.05, 0) is 68.2 Å². The van der Waals surface area contributed by atoms with E-state index >= 15 is 0 Å². The third kappa shape index (κ3) is 20.8. The zero-order chi connectivity index (χ0) is 103. The van der Waals surface area contributed by atoms with Gasteiger partial charge >= 0.3 is 11.6 Å². The number of rotatable bonds is 17. The van der Waals surface area contributed by atoms with Gasteiger partial charge in [-0.3, -0.25) is 91.5 Å². The summed E-state index contributed by atoms with van der Waals surface area (Å²) in [6, 6.07) is 4.82. The minimum Gasteiger partial charge on any atom is -0.394 e. The van der Waals surface area contributed by atoms with Crippen molar-refractivity contribution in [2.75, 3.05) is 38.8 Å². The molecule has 0 saturated carbocycles. The second kappa shape index (κ2) is 41.8. The number of aromatic nitrogens is 2. The van der Waals surface area contributed by atoms with Crippen LogP contribution in [0.3, 0.4) is 0 Å². The van der Waals surface area contributed by atoms with Crippen LogP contribution in [0.5, 0.6) is 0 Å². The van der Waals surface area contributed by atoms with E-state index in [1.165, 1.54) is 40.7 Å². The second-order valence-corrected chi connectivity index (χ2v) is 33.5. The lowest BCUT2D eigenvalue weighted by molar-refractivity contribution is -0.181. The summed E-state index contributed by atoms with van der Waals surface area (Å²) < 4.78 is 235. The van der Waals surface area contributed by atoms with Crippen LogP contribution in [0.25, 0.3) is 0 Å². The maximum atomic E-state index is 14.4. The number of alkyl halides is 14. The maximum absolute atomic E-state index is 14.4. The lowest BCUT2D eigenvalue weighted by Gasteiger charge is -2.31. The predicted molar refractivity (Wildman–Crippen MR) is 427 cm³/mol. The van der Waals surface area contributed by atoms with Gasteiger partial charge in [0.2, 0.25) is 79.0 Å². The molecule has 750 valence electrons. The van der Waals surface area contributed by atoms with E-state index in [9.17, 15) is 149 Å². The molecule has 38 nitrogen and oxygen atoms in total. The van der Waals surface area contributed by atoms with Crippen LogP contribution < -0.4 is 11.4 Å². The van der Waals surface area contributed by atoms with Crippen LogP contribution in [0.4, 0.5) is 67.3 Å². The number of ether oxygens (including phenoxy) is 7. The molecule has 0 spiro atoms. The average Bonchev–Trinajstić information content (AvgIpc) is 1.59. The predicted octanol–water partition coefficient (Wildman–Crippen LogP) is 4.20. The van der Waals surface area contributed by atoms with Gasteiger partial charge < -0.3 is 74.3 Å². The largest absolute Gasteiger partial charge is 0.394 e. The zero-order valence-corrected chi connectivity index (χ0v) is 74.1. The number of aliphatic hydroxyl groups is 6. The number of hydrogen-bond acceptors (Lipinski definition) is 31. The minimum atomic E-state index is -3.71. The highest BCUT2D eigenvalue weighted by Crippen LogP contribution is 2.56. The Hall–Kier alpha value is -10.9. The number of nitrogens with zero attached hydrogens (tertiary/aromatic N) is 10. The van der Waals surface area contributed by atoms with Crippen LogP contribution in [-0.4, -0.2) is 304 Å². The second-order valence-electron chi connectivity index (χ2n) is 33.5. The van der Waals surface area contributed by atoms with Gasteiger partial charge in [-0.15, -0.1) is 0 Å². The first kappa shape index (κ1) is 110. The Morgan fingerprint density at radius 2 is 0.691 bits per heavy atom. The van der Waals surface area contributed by atoms with Crippen LogP contribution in [0, 0.1) is 58.2 Å². The molecule has 1 aromatic rings. The van der Waals surface area contributed by atoms with E-state index in [0.29, 0.717) is 30.5 Å². The standard InChI is InChI=1S/C13H14F2N2O3.C13H17F2NO4.C13H15F2NO4.C12H14F2N4O2.C12H15F2NO5.C11H13F2NO4.C10H11F2NO5/c1-3-12(7-16)8(2)13(14,15)11(20-12)17-5-4-9(18)6-10(17)19;2*1-3-12(7-17)8(2)13(14,15)11(20-12)16-5-4-9(18)6-10(16)19;1-3-11(6-15)7(2)12(13,14)9(20-11)18-5-4-8(16)17-10(18)19;1-7-11(5-16,6-17)20-10(12(7,13)14)15-3-2-8(18)4-9(15)19;1-6-8(5-15)18-10(11(6,12)13)14-3-2-7(16)4-9(14)17;11-10(12)8(17)6(4-14)18-9(10)13-2-1-5(15)3-7(13)16/h4-5,8,11H,3,6H2,1-2H3;4-5,8,11,17H,3,6-7H2,1-2H3;4-5,7-8,11H,3,6H2,1-2H3;4-5,7,9H,3H2,1-2H3,(H2,16,17,19);2-3,7,10,16-17H,4-6H2,1H3;2-3,6,8,10,15H,4-5H2,1H3;1-2,6,8-9,14,17H,3-4H2/t3*8-,11-,12+;7-,9-,11+;7-,10-;6-,8?,10-;6?,8-,9-/m1111111/s1. The number of amides is 6. The Morgan fingerprint density at radius 3 is 0.956 bits per heavy atom. The SMILES string of the molecule is CC[C@@]1(C#N)O[C@@H](N2C=CC(=O)CC2=O)C(F)(F)[C@@H]1C.CC[C@@]1(C#N)O[C@@H](n2ccc(N)nc2=O)C(F)(F)[C@@H]1C.CC[C@@]1(C=O)O[C@@H](N2C=CC(=O)CC2=O)C(F)(F)[C@@H]1C.CC[C@@]1(CO)O[C@@H](N2C=CC(=O)CC2=O)C(F)(F)[C@@H]1C.C[C@@H]1C(CO)(CO)O[C@@H](N2C=CC(=O)CC2=O)C1(F)F.C[C@@H]1C(CO)O[C@@H](N2C=CC(=O)CC2=O)C1(F)F.O=C1C=CN([C@@H]2OC(CO)[C@@H](O)C2(F)F)C(=O)C1. The first-order chi connectivity index (χ1) is 63.2. The smallest absolute Gasteiger partial charge is 0.351 e. The molecule has 14 heterocycles. The number of carbonyl (C=O) groups excluding carboxylic acids is 13. The van der Waals surface area contributed by atoms with E-state index in [1.54, 1.807) is 39.8 Å². The third-order valence-electron chi connectivity index (χ3n) is 25.9. The molecule has 13 aliphatic heterocycles. The molecule has 1 aromatic heterocycles. The molecule has 0 bridgehead atoms. The highest BCUT2D eigenvalue weighted by molar-refractivity contribution is 6.09. The van der Waals surface area contributed by atoms with E-state index in [2.05, 4.69) is 4.98 Å². The number of anilines is 1. The molecule has 6 amide bonds. The van der Waals surface area contributed by atoms with Crippen LogP contribution >= 0.6 is 0 Å². The lowest BCUT2D eigenvalue weighted by atomic mass is 9.85. The number of ketones is 6. The van der Waals surface area contributed by atoms with E-state index in [1.807, 2.05) is 0 Å². The van der Waals surface area contributed by atoms with Crippen molar-refractivity contribution in [3.8, 4) is 12.1 Å². The van der Waals surface area contributed by atoms with Gasteiger partial charge in [-0.1, -0.05) is 69.2 Å². The van der Waals surface area contributed by atoms with Crippen molar-refractivity contribution in [2.24, 2.45) is 35.5 Å². The lowest BCUT2D eigenvalue weighted by Crippen LogP contribution is -2.50. The normalized spacial score (nSPS) is 34.9. The van der Waals surface area contributed by atoms with E-state index in [-0.39, 0.29) is 31.5 Å². The summed E-state index contributed by atoms with van der Waals surface area (Å²) in [5.74, 6) is -39.2. The number of nitrogen functional groups attached to an aromatic ring is 1. The molecule has 0 radical (unpaired) electrons. The molecule has 0 aromatic carbocycles. The number of nitriles is 2. The summed E-state index contributed by atoms with van der Waals surface area (Å²) in [6.45, 7) is 10.3. The van der Waals surface area contributed by atoms with Crippen LogP contribution in [0.15, 0.2) is 90.7 Å². The number of carbonyl (C=O) groups is 13. The number of allylic oxidation sites excluding steroid dienone is 6. The third-order valence-corrected chi connectivity index (χ3v) is 25.9. The minimum absolute atomic E-state index is 0.0670. The van der Waals surface area contributed by atoms with Crippen molar-refractivity contribution < 1.29 is 188 Å². The van der Waals surface area contributed by atoms with Crippen molar-refractivity contribution in [3.05, 3.63) is 96.4 Å². The number of aldehydes is 1. The fourth-order valence-electron chi connectivity index (χ4n) is 16.3. The Balaban J connectivity index is 0.000000195. The van der Waals surface area contributed by atoms with Crippen molar-refractivity contribution in [1.29, 1.82) is 10.5 Å². The van der Waals surface area contributed by atoms with Crippen molar-refractivity contribution in [1.82, 2.24) is 39.0 Å². The number of nitrogens with two attached hydrogens (primary N) is 1. The molecule has 13 aliphatic rings. The number of halogens is 14. The Morgan fingerprint density at radius 1 is 0.397 bits per heavy atom. The quantitative estimate of drug-likeness (QED) is 0.0652. The highest BCUT2D eigenvalue weighted by Gasteiger charge is 2.72. The van der Waals surface area contributed by atoms with E-state index in [4.69, 9.17) is 59.6 Å². The van der Waals surface area contributed by atoms with Gasteiger partial charge in [0, 0.05) is 43.4 Å². The van der Waals surface area contributed by atoms with Gasteiger partial charge in [0.05, 0.1) is 125 Å².